The minimum atomic E-state index is -0.588. The number of amides is 1. The lowest BCUT2D eigenvalue weighted by molar-refractivity contribution is 0.0322. The van der Waals surface area contributed by atoms with Gasteiger partial charge in [-0.05, 0) is 29.8 Å². The van der Waals surface area contributed by atoms with Crippen molar-refractivity contribution in [2.24, 2.45) is 5.73 Å². The van der Waals surface area contributed by atoms with E-state index in [1.165, 1.54) is 0 Å². The largest absolute Gasteiger partial charge is 0.504 e. The van der Waals surface area contributed by atoms with Crippen LogP contribution in [-0.4, -0.2) is 55.4 Å². The minimum Gasteiger partial charge on any atom is -0.504 e. The molecule has 29 heavy (non-hydrogen) atoms. The Balaban J connectivity index is 1.40. The fourth-order valence-electron chi connectivity index (χ4n) is 3.48. The molecule has 3 N–H and O–H groups in total. The number of hydrogen-bond donors (Lipinski definition) is 2. The van der Waals surface area contributed by atoms with Crippen LogP contribution in [0.25, 0.3) is 11.0 Å². The van der Waals surface area contributed by atoms with Crippen LogP contribution >= 0.6 is 0 Å². The van der Waals surface area contributed by atoms with Gasteiger partial charge in [-0.1, -0.05) is 18.2 Å². The number of rotatable bonds is 7. The van der Waals surface area contributed by atoms with Crippen molar-refractivity contribution in [3.63, 3.8) is 0 Å². The van der Waals surface area contributed by atoms with Crippen molar-refractivity contribution < 1.29 is 23.8 Å². The van der Waals surface area contributed by atoms with E-state index in [1.807, 2.05) is 24.3 Å². The molecule has 1 amide bonds. The van der Waals surface area contributed by atoms with E-state index in [0.29, 0.717) is 29.8 Å². The molecule has 1 saturated heterocycles. The number of benzene rings is 2. The van der Waals surface area contributed by atoms with Crippen LogP contribution in [0.2, 0.25) is 0 Å². The van der Waals surface area contributed by atoms with Crippen LogP contribution in [0, 0.1) is 0 Å². The van der Waals surface area contributed by atoms with Crippen molar-refractivity contribution in [2.75, 3.05) is 39.5 Å². The molecule has 0 aliphatic carbocycles. The highest BCUT2D eigenvalue weighted by Crippen LogP contribution is 2.35. The lowest BCUT2D eigenvalue weighted by atomic mass is 10.1. The van der Waals surface area contributed by atoms with E-state index < -0.39 is 5.91 Å². The van der Waals surface area contributed by atoms with Gasteiger partial charge in [0.15, 0.2) is 17.1 Å². The number of carbonyl (C=O) groups is 1. The third-order valence-electron chi connectivity index (χ3n) is 5.09. The Labute approximate surface area is 168 Å². The van der Waals surface area contributed by atoms with Crippen molar-refractivity contribution in [3.8, 4) is 11.5 Å². The zero-order valence-corrected chi connectivity index (χ0v) is 16.1. The molecule has 1 aliphatic rings. The molecule has 7 heteroatoms. The summed E-state index contributed by atoms with van der Waals surface area (Å²) in [5.74, 6) is 0.643. The summed E-state index contributed by atoms with van der Waals surface area (Å²) in [6, 6.07) is 12.6. The molecule has 2 heterocycles. The second kappa shape index (κ2) is 8.55. The summed E-state index contributed by atoms with van der Waals surface area (Å²) < 4.78 is 16.9. The molecule has 2 aromatic carbocycles. The van der Waals surface area contributed by atoms with E-state index in [9.17, 15) is 9.90 Å². The third kappa shape index (κ3) is 4.36. The van der Waals surface area contributed by atoms with Gasteiger partial charge < -0.3 is 24.7 Å². The van der Waals surface area contributed by atoms with Gasteiger partial charge in [-0.2, -0.15) is 0 Å². The Kier molecular flexibility index (Phi) is 5.69. The van der Waals surface area contributed by atoms with Gasteiger partial charge in [-0.15, -0.1) is 0 Å². The molecule has 1 fully saturated rings. The van der Waals surface area contributed by atoms with Gasteiger partial charge in [0.2, 0.25) is 0 Å². The van der Waals surface area contributed by atoms with Crippen molar-refractivity contribution >= 4 is 16.9 Å². The zero-order chi connectivity index (χ0) is 20.2. The Morgan fingerprint density at radius 2 is 1.90 bits per heavy atom. The minimum absolute atomic E-state index is 0.0361. The van der Waals surface area contributed by atoms with Gasteiger partial charge in [0.1, 0.15) is 12.4 Å². The molecule has 0 radical (unpaired) electrons. The highest BCUT2D eigenvalue weighted by Gasteiger charge is 2.18. The van der Waals surface area contributed by atoms with E-state index in [-0.39, 0.29) is 11.3 Å². The van der Waals surface area contributed by atoms with Gasteiger partial charge in [-0.25, -0.2) is 0 Å². The monoisotopic (exact) mass is 396 g/mol. The first-order chi connectivity index (χ1) is 14.1. The predicted octanol–water partition coefficient (Wildman–Crippen LogP) is 2.54. The topological polar surface area (TPSA) is 98.2 Å². The van der Waals surface area contributed by atoms with Gasteiger partial charge in [-0.3, -0.25) is 9.69 Å². The highest BCUT2D eigenvalue weighted by atomic mass is 16.5. The number of hydrogen-bond acceptors (Lipinski definition) is 6. The number of para-hydroxylation sites is 1. The summed E-state index contributed by atoms with van der Waals surface area (Å²) in [7, 11) is 0. The third-order valence-corrected chi connectivity index (χ3v) is 5.09. The molecule has 3 aromatic rings. The fourth-order valence-corrected chi connectivity index (χ4v) is 3.48. The first kappa shape index (κ1) is 19.3. The Morgan fingerprint density at radius 3 is 2.62 bits per heavy atom. The van der Waals surface area contributed by atoms with Crippen molar-refractivity contribution in [1.29, 1.82) is 0 Å². The first-order valence-corrected chi connectivity index (χ1v) is 9.67. The van der Waals surface area contributed by atoms with E-state index >= 15 is 0 Å². The summed E-state index contributed by atoms with van der Waals surface area (Å²) >= 11 is 0. The van der Waals surface area contributed by atoms with Crippen LogP contribution in [0.15, 0.2) is 46.9 Å². The molecule has 152 valence electrons. The lowest BCUT2D eigenvalue weighted by Gasteiger charge is -2.26. The molecular weight excluding hydrogens is 372 g/mol. The number of nitrogens with zero attached hydrogens (tertiary/aromatic N) is 1. The van der Waals surface area contributed by atoms with Crippen molar-refractivity contribution in [1.82, 2.24) is 4.90 Å². The first-order valence-electron chi connectivity index (χ1n) is 9.67. The maximum absolute atomic E-state index is 11.6. The maximum atomic E-state index is 11.6. The average Bonchev–Trinajstić information content (AvgIpc) is 3.05. The normalized spacial score (nSPS) is 14.9. The van der Waals surface area contributed by atoms with Crippen LogP contribution in [0.4, 0.5) is 0 Å². The molecule has 0 saturated carbocycles. The predicted molar refractivity (Wildman–Crippen MR) is 108 cm³/mol. The Morgan fingerprint density at radius 1 is 1.14 bits per heavy atom. The summed E-state index contributed by atoms with van der Waals surface area (Å²) in [6.07, 6.45) is 0.396. The van der Waals surface area contributed by atoms with Crippen LogP contribution in [-0.2, 0) is 11.2 Å². The molecule has 0 spiro atoms. The fraction of sp³-hybridized carbons (Fsp3) is 0.318. The molecule has 0 unspecified atom stereocenters. The van der Waals surface area contributed by atoms with Gasteiger partial charge in [0.25, 0.3) is 5.91 Å². The van der Waals surface area contributed by atoms with Gasteiger partial charge in [0.05, 0.1) is 24.2 Å². The van der Waals surface area contributed by atoms with E-state index in [4.69, 9.17) is 19.6 Å². The Hall–Kier alpha value is -3.03. The molecule has 7 nitrogen and oxygen atoms in total. The quantitative estimate of drug-likeness (QED) is 0.637. The maximum Gasteiger partial charge on any atom is 0.252 e. The van der Waals surface area contributed by atoms with Crippen LogP contribution in [0.3, 0.4) is 0 Å². The number of carbonyl (C=O) groups excluding carboxylic acids is 1. The number of primary amides is 1. The number of aromatic hydroxyl groups is 1. The van der Waals surface area contributed by atoms with Crippen molar-refractivity contribution in [2.45, 2.75) is 6.42 Å². The van der Waals surface area contributed by atoms with Gasteiger partial charge in [0, 0.05) is 26.1 Å². The summed E-state index contributed by atoms with van der Waals surface area (Å²) in [4.78, 5) is 13.9. The molecule has 0 atom stereocenters. The number of morpholine rings is 1. The van der Waals surface area contributed by atoms with Crippen molar-refractivity contribution in [3.05, 3.63) is 59.4 Å². The van der Waals surface area contributed by atoms with Crippen LogP contribution < -0.4 is 10.5 Å². The number of furan rings is 1. The number of nitrogens with two attached hydrogens (primary N) is 1. The zero-order valence-electron chi connectivity index (χ0n) is 16.1. The standard InChI is InChI=1S/C22H24N2O5/c23-22(26)18-3-1-2-17-20(25)19(29-21(17)18)14-15-4-6-16(7-5-15)28-13-10-24-8-11-27-12-9-24/h1-7,25H,8-14H2,(H2,23,26). The van der Waals surface area contributed by atoms with E-state index in [2.05, 4.69) is 4.90 Å². The average molecular weight is 396 g/mol. The number of fused-ring (bicyclic) bond motifs is 1. The molecular formula is C22H24N2O5. The molecule has 0 bridgehead atoms. The molecule has 1 aromatic heterocycles. The summed E-state index contributed by atoms with van der Waals surface area (Å²) in [5.41, 5.74) is 6.92. The molecule has 1 aliphatic heterocycles. The van der Waals surface area contributed by atoms with E-state index in [1.54, 1.807) is 18.2 Å². The summed E-state index contributed by atoms with van der Waals surface area (Å²) in [6.45, 7) is 4.95. The number of ether oxygens (including phenoxy) is 2. The highest BCUT2D eigenvalue weighted by molar-refractivity contribution is 6.05. The van der Waals surface area contributed by atoms with E-state index in [0.717, 1.165) is 44.2 Å². The Bertz CT molecular complexity index is 990. The molecule has 4 rings (SSSR count). The van der Waals surface area contributed by atoms with Crippen LogP contribution in [0.1, 0.15) is 21.7 Å². The second-order valence-electron chi connectivity index (χ2n) is 7.04. The lowest BCUT2D eigenvalue weighted by Crippen LogP contribution is -2.38. The van der Waals surface area contributed by atoms with Gasteiger partial charge >= 0.3 is 0 Å². The summed E-state index contributed by atoms with van der Waals surface area (Å²) in [5, 5.41) is 11.0. The SMILES string of the molecule is NC(=O)c1cccc2c(O)c(Cc3ccc(OCCN4CCOCC4)cc3)oc12. The van der Waals surface area contributed by atoms with Crippen LogP contribution in [0.5, 0.6) is 11.5 Å². The second-order valence-corrected chi connectivity index (χ2v) is 7.04. The smallest absolute Gasteiger partial charge is 0.252 e.